The van der Waals surface area contributed by atoms with Crippen molar-refractivity contribution in [2.24, 2.45) is 4.99 Å². The van der Waals surface area contributed by atoms with Crippen molar-refractivity contribution in [3.63, 3.8) is 0 Å². The van der Waals surface area contributed by atoms with Gasteiger partial charge in [-0.25, -0.2) is 24.9 Å². The molecule has 1 aromatic carbocycles. The SMILES string of the molecule is COc1ncnc(C2CC2)c1-c1nc(Cc2ccc(-c3nc(C(F)(F)F)cn3C3CC3)cc2)c2c(n1)=NC(=O)C(c1nnc(C)o1)C=2. The van der Waals surface area contributed by atoms with Crippen LogP contribution in [-0.4, -0.2) is 52.7 Å². The summed E-state index contributed by atoms with van der Waals surface area (Å²) in [7, 11) is 1.51. The smallest absolute Gasteiger partial charge is 0.434 e. The summed E-state index contributed by atoms with van der Waals surface area (Å²) in [6.07, 6.45) is 3.51. The molecule has 0 radical (unpaired) electrons. The molecule has 0 saturated heterocycles. The van der Waals surface area contributed by atoms with E-state index in [0.29, 0.717) is 33.8 Å². The minimum Gasteiger partial charge on any atom is -0.480 e. The van der Waals surface area contributed by atoms with Crippen LogP contribution >= 0.6 is 0 Å². The largest absolute Gasteiger partial charge is 0.480 e. The number of ether oxygens (including phenoxy) is 1. The number of aromatic nitrogens is 8. The summed E-state index contributed by atoms with van der Waals surface area (Å²) in [6.45, 7) is 1.63. The van der Waals surface area contributed by atoms with Gasteiger partial charge in [0.25, 0.3) is 5.91 Å². The minimum atomic E-state index is -4.54. The van der Waals surface area contributed by atoms with Crippen LogP contribution in [0.4, 0.5) is 13.2 Å². The van der Waals surface area contributed by atoms with Crippen molar-refractivity contribution >= 4 is 12.0 Å². The number of hydrogen-bond acceptors (Lipinski definition) is 10. The van der Waals surface area contributed by atoms with E-state index in [1.165, 1.54) is 13.4 Å². The zero-order valence-corrected chi connectivity index (χ0v) is 25.2. The number of alkyl halides is 3. The van der Waals surface area contributed by atoms with Gasteiger partial charge >= 0.3 is 6.18 Å². The van der Waals surface area contributed by atoms with E-state index in [4.69, 9.17) is 19.1 Å². The summed E-state index contributed by atoms with van der Waals surface area (Å²) in [6, 6.07) is 7.18. The number of hydrogen-bond donors (Lipinski definition) is 0. The number of halogens is 3. The summed E-state index contributed by atoms with van der Waals surface area (Å²) >= 11 is 0. The first kappa shape index (κ1) is 29.1. The molecule has 5 aromatic rings. The van der Waals surface area contributed by atoms with Crippen LogP contribution in [0.25, 0.3) is 28.9 Å². The third-order valence-corrected chi connectivity index (χ3v) is 8.40. The molecule has 12 nitrogen and oxygen atoms in total. The maximum atomic E-state index is 13.5. The molecule has 8 rings (SSSR count). The predicted octanol–water partition coefficient (Wildman–Crippen LogP) is 4.04. The fourth-order valence-corrected chi connectivity index (χ4v) is 5.78. The number of fused-ring (bicyclic) bond motifs is 1. The van der Waals surface area contributed by atoms with Gasteiger partial charge in [0.05, 0.1) is 18.5 Å². The molecule has 3 aliphatic rings. The number of nitrogens with zero attached hydrogens (tertiary/aromatic N) is 9. The summed E-state index contributed by atoms with van der Waals surface area (Å²) in [4.78, 5) is 39.9. The van der Waals surface area contributed by atoms with Crippen LogP contribution in [0.1, 0.15) is 78.0 Å². The highest BCUT2D eigenvalue weighted by molar-refractivity contribution is 5.90. The van der Waals surface area contributed by atoms with Crippen LogP contribution in [0.5, 0.6) is 5.88 Å². The van der Waals surface area contributed by atoms with E-state index in [1.807, 2.05) is 12.1 Å². The molecule has 47 heavy (non-hydrogen) atoms. The van der Waals surface area contributed by atoms with Gasteiger partial charge in [-0.2, -0.15) is 18.2 Å². The second kappa shape index (κ2) is 10.9. The predicted molar refractivity (Wildman–Crippen MR) is 157 cm³/mol. The Kier molecular flexibility index (Phi) is 6.74. The van der Waals surface area contributed by atoms with Crippen molar-refractivity contribution in [2.45, 2.75) is 63.1 Å². The van der Waals surface area contributed by atoms with E-state index in [1.54, 1.807) is 29.7 Å². The number of benzene rings is 1. The molecule has 0 bridgehead atoms. The Balaban J connectivity index is 1.23. The van der Waals surface area contributed by atoms with Crippen molar-refractivity contribution in [3.8, 4) is 28.7 Å². The average Bonchev–Trinajstić information content (AvgIpc) is 3.99. The normalized spacial score (nSPS) is 17.6. The molecule has 238 valence electrons. The topological polar surface area (TPSA) is 147 Å². The van der Waals surface area contributed by atoms with E-state index in [9.17, 15) is 18.0 Å². The van der Waals surface area contributed by atoms with Crippen LogP contribution in [-0.2, 0) is 17.4 Å². The third kappa shape index (κ3) is 5.44. The van der Waals surface area contributed by atoms with E-state index >= 15 is 0 Å². The Morgan fingerprint density at radius 2 is 1.81 bits per heavy atom. The van der Waals surface area contributed by atoms with Crippen LogP contribution in [0.2, 0.25) is 0 Å². The summed E-state index contributed by atoms with van der Waals surface area (Å²) in [5, 5.41) is 8.42. The molecule has 5 heterocycles. The third-order valence-electron chi connectivity index (χ3n) is 8.40. The van der Waals surface area contributed by atoms with Crippen molar-refractivity contribution in [3.05, 3.63) is 81.9 Å². The van der Waals surface area contributed by atoms with Crippen LogP contribution in [0, 0.1) is 6.92 Å². The molecule has 2 fully saturated rings. The van der Waals surface area contributed by atoms with E-state index in [-0.39, 0.29) is 41.4 Å². The molecule has 1 unspecified atom stereocenters. The highest BCUT2D eigenvalue weighted by atomic mass is 19.4. The number of aryl methyl sites for hydroxylation is 1. The fraction of sp³-hybridized carbons (Fsp3) is 0.344. The number of carbonyl (C=O) groups excluding carboxylic acids is 1. The molecule has 2 aliphatic carbocycles. The van der Waals surface area contributed by atoms with Gasteiger partial charge in [0.2, 0.25) is 17.7 Å². The second-order valence-corrected chi connectivity index (χ2v) is 11.9. The summed E-state index contributed by atoms with van der Waals surface area (Å²) in [5.41, 5.74) is 2.52. The summed E-state index contributed by atoms with van der Waals surface area (Å²) < 4.78 is 53.3. The Morgan fingerprint density at radius 1 is 1.02 bits per heavy atom. The fourth-order valence-electron chi connectivity index (χ4n) is 5.78. The van der Waals surface area contributed by atoms with Crippen molar-refractivity contribution in [2.75, 3.05) is 7.11 Å². The molecule has 1 atom stereocenters. The molecule has 4 aromatic heterocycles. The van der Waals surface area contributed by atoms with Gasteiger partial charge in [0, 0.05) is 42.3 Å². The lowest BCUT2D eigenvalue weighted by molar-refractivity contribution is -0.140. The lowest BCUT2D eigenvalue weighted by Gasteiger charge is -2.14. The Morgan fingerprint density at radius 3 is 2.47 bits per heavy atom. The zero-order valence-electron chi connectivity index (χ0n) is 25.2. The highest BCUT2D eigenvalue weighted by Gasteiger charge is 2.38. The number of imidazole rings is 1. The second-order valence-electron chi connectivity index (χ2n) is 11.9. The van der Waals surface area contributed by atoms with Gasteiger partial charge in [0.1, 0.15) is 23.6 Å². The van der Waals surface area contributed by atoms with Crippen LogP contribution in [0.15, 0.2) is 46.2 Å². The molecule has 2 saturated carbocycles. The maximum absolute atomic E-state index is 13.5. The zero-order chi connectivity index (χ0) is 32.4. The lowest BCUT2D eigenvalue weighted by atomic mass is 10.0. The number of amides is 1. The molecular weight excluding hydrogens is 615 g/mol. The first-order valence-corrected chi connectivity index (χ1v) is 15.1. The van der Waals surface area contributed by atoms with Crippen molar-refractivity contribution < 1.29 is 27.1 Å². The Hall–Kier alpha value is -5.34. The van der Waals surface area contributed by atoms with E-state index < -0.39 is 23.7 Å². The Labute approximate surface area is 264 Å². The van der Waals surface area contributed by atoms with Gasteiger partial charge in [-0.3, -0.25) is 4.79 Å². The first-order chi connectivity index (χ1) is 22.7. The number of rotatable bonds is 8. The minimum absolute atomic E-state index is 0.0105. The molecular formula is C32H26F3N9O3. The van der Waals surface area contributed by atoms with E-state index in [0.717, 1.165) is 43.1 Å². The van der Waals surface area contributed by atoms with Gasteiger partial charge < -0.3 is 13.7 Å². The number of carbonyl (C=O) groups is 1. The molecule has 0 spiro atoms. The van der Waals surface area contributed by atoms with Crippen LogP contribution in [0.3, 0.4) is 0 Å². The van der Waals surface area contributed by atoms with Gasteiger partial charge in [-0.15, -0.1) is 10.2 Å². The lowest BCUT2D eigenvalue weighted by Crippen LogP contribution is -2.40. The van der Waals surface area contributed by atoms with Crippen molar-refractivity contribution in [1.82, 2.24) is 39.7 Å². The molecule has 0 N–H and O–H groups in total. The average molecular weight is 642 g/mol. The van der Waals surface area contributed by atoms with E-state index in [2.05, 4.69) is 30.1 Å². The van der Waals surface area contributed by atoms with Gasteiger partial charge in [-0.1, -0.05) is 24.3 Å². The molecule has 1 aliphatic heterocycles. The Bertz CT molecular complexity index is 2170. The monoisotopic (exact) mass is 641 g/mol. The molecule has 15 heteroatoms. The molecule has 1 amide bonds. The highest BCUT2D eigenvalue weighted by Crippen LogP contribution is 2.45. The van der Waals surface area contributed by atoms with Crippen LogP contribution < -0.4 is 15.4 Å². The van der Waals surface area contributed by atoms with Crippen molar-refractivity contribution in [1.29, 1.82) is 0 Å². The first-order valence-electron chi connectivity index (χ1n) is 15.1. The number of methoxy groups -OCH3 is 1. The standard InChI is InChI=1S/C32H26F3N9O3/c1-15-42-43-30(47-15)21-12-20-22(11-16-3-5-18(6-4-16)28-39-23(32(33,34)35)13-44(28)19-9-10-19)38-27(40-26(20)41-29(21)45)24-25(17-7-8-17)36-14-37-31(24)46-2/h3-6,12-14,17,19,21H,7-11H2,1-2H3. The van der Waals surface area contributed by atoms with Gasteiger partial charge in [-0.05, 0) is 37.3 Å². The van der Waals surface area contributed by atoms with Gasteiger partial charge in [0.15, 0.2) is 17.0 Å². The quantitative estimate of drug-likeness (QED) is 0.243. The maximum Gasteiger partial charge on any atom is 0.434 e. The summed E-state index contributed by atoms with van der Waals surface area (Å²) in [5.74, 6) is 0.0789.